The summed E-state index contributed by atoms with van der Waals surface area (Å²) in [6.45, 7) is 0. The molecule has 0 spiro atoms. The highest BCUT2D eigenvalue weighted by Crippen LogP contribution is 2.41. The lowest BCUT2D eigenvalue weighted by atomic mass is 9.96. The fourth-order valence-corrected chi connectivity index (χ4v) is 3.59. The molecule has 0 bridgehead atoms. The molecule has 0 saturated heterocycles. The van der Waals surface area contributed by atoms with E-state index < -0.39 is 0 Å². The van der Waals surface area contributed by atoms with Gasteiger partial charge in [0.15, 0.2) is 0 Å². The highest BCUT2D eigenvalue weighted by atomic mass is 16.1. The summed E-state index contributed by atoms with van der Waals surface area (Å²) >= 11 is 0. The lowest BCUT2D eigenvalue weighted by molar-refractivity contribution is 0.103. The molecule has 2 heteroatoms. The van der Waals surface area contributed by atoms with Crippen molar-refractivity contribution in [2.45, 2.75) is 0 Å². The van der Waals surface area contributed by atoms with E-state index >= 15 is 0 Å². The number of ketones is 1. The Morgan fingerprint density at radius 1 is 0.500 bits per heavy atom. The average Bonchev–Trinajstić information content (AvgIpc) is 3.00. The van der Waals surface area contributed by atoms with Crippen LogP contribution in [0.1, 0.15) is 16.1 Å². The molecule has 0 radical (unpaired) electrons. The first-order valence-electron chi connectivity index (χ1n) is 8.63. The molecular formula is C24H15NO. The number of rotatable bonds is 2. The molecule has 2 nitrogen and oxygen atoms in total. The molecule has 5 rings (SSSR count). The Kier molecular flexibility index (Phi) is 3.29. The van der Waals surface area contributed by atoms with Gasteiger partial charge < -0.3 is 0 Å². The normalized spacial score (nSPS) is 11.9. The van der Waals surface area contributed by atoms with Crippen LogP contribution >= 0.6 is 0 Å². The van der Waals surface area contributed by atoms with Crippen LogP contribution in [0.5, 0.6) is 0 Å². The highest BCUT2D eigenvalue weighted by Gasteiger charge is 2.29. The van der Waals surface area contributed by atoms with Gasteiger partial charge in [0.2, 0.25) is 5.78 Å². The number of fused-ring (bicyclic) bond motifs is 3. The quantitative estimate of drug-likeness (QED) is 0.419. The number of aromatic nitrogens is 1. The maximum absolute atomic E-state index is 12.9. The lowest BCUT2D eigenvalue weighted by Gasteiger charge is -2.12. The molecule has 1 aliphatic rings. The minimum Gasteiger partial charge on any atom is -0.287 e. The molecule has 0 unspecified atom stereocenters. The molecule has 1 aliphatic carbocycles. The number of benzene rings is 3. The summed E-state index contributed by atoms with van der Waals surface area (Å²) in [5.41, 5.74) is 7.16. The maximum atomic E-state index is 12.9. The van der Waals surface area contributed by atoms with Crippen molar-refractivity contribution in [3.8, 4) is 33.5 Å². The molecule has 3 aromatic carbocycles. The Bertz CT molecular complexity index is 1130. The molecule has 4 aromatic rings. The van der Waals surface area contributed by atoms with Crippen molar-refractivity contribution < 1.29 is 4.79 Å². The van der Waals surface area contributed by atoms with E-state index in [9.17, 15) is 4.79 Å². The summed E-state index contributed by atoms with van der Waals surface area (Å²) < 4.78 is 0. The molecule has 0 aliphatic heterocycles. The Morgan fingerprint density at radius 3 is 1.77 bits per heavy atom. The highest BCUT2D eigenvalue weighted by molar-refractivity contribution is 6.21. The van der Waals surface area contributed by atoms with Gasteiger partial charge in [0.05, 0.1) is 5.69 Å². The lowest BCUT2D eigenvalue weighted by Crippen LogP contribution is -2.01. The summed E-state index contributed by atoms with van der Waals surface area (Å²) in [4.78, 5) is 17.7. The average molecular weight is 333 g/mol. The number of carbonyl (C=O) groups is 1. The number of nitrogens with zero attached hydrogens (tertiary/aromatic N) is 1. The van der Waals surface area contributed by atoms with E-state index in [-0.39, 0.29) is 5.78 Å². The summed E-state index contributed by atoms with van der Waals surface area (Å²) in [5, 5.41) is 0. The van der Waals surface area contributed by atoms with Crippen LogP contribution in [-0.4, -0.2) is 10.8 Å². The van der Waals surface area contributed by atoms with Crippen LogP contribution in [0.4, 0.5) is 0 Å². The first-order valence-corrected chi connectivity index (χ1v) is 8.63. The molecule has 0 N–H and O–H groups in total. The first kappa shape index (κ1) is 14.8. The van der Waals surface area contributed by atoms with E-state index in [0.29, 0.717) is 5.69 Å². The number of pyridine rings is 1. The van der Waals surface area contributed by atoms with Crippen LogP contribution in [0, 0.1) is 0 Å². The third-order valence-electron chi connectivity index (χ3n) is 4.83. The van der Waals surface area contributed by atoms with Crippen molar-refractivity contribution in [1.29, 1.82) is 0 Å². The molecular weight excluding hydrogens is 318 g/mol. The SMILES string of the molecule is O=C1c2ccccc2-c2cc(-c3ccccc3)c(-c3ccccc3)nc21. The van der Waals surface area contributed by atoms with Gasteiger partial charge in [-0.25, -0.2) is 4.98 Å². The van der Waals surface area contributed by atoms with E-state index in [1.54, 1.807) is 0 Å². The third-order valence-corrected chi connectivity index (χ3v) is 4.83. The first-order chi connectivity index (χ1) is 12.8. The second-order valence-electron chi connectivity index (χ2n) is 6.39. The molecule has 0 saturated carbocycles. The Labute approximate surface area is 151 Å². The van der Waals surface area contributed by atoms with Gasteiger partial charge in [-0.1, -0.05) is 84.9 Å². The predicted octanol–water partition coefficient (Wildman–Crippen LogP) is 5.63. The fraction of sp³-hybridized carbons (Fsp3) is 0. The van der Waals surface area contributed by atoms with Crippen LogP contribution < -0.4 is 0 Å². The van der Waals surface area contributed by atoms with Gasteiger partial charge in [-0.2, -0.15) is 0 Å². The summed E-state index contributed by atoms with van der Waals surface area (Å²) in [6.07, 6.45) is 0. The largest absolute Gasteiger partial charge is 0.287 e. The Hall–Kier alpha value is -3.52. The summed E-state index contributed by atoms with van der Waals surface area (Å²) in [6, 6.07) is 30.1. The number of hydrogen-bond acceptors (Lipinski definition) is 2. The zero-order chi connectivity index (χ0) is 17.5. The molecule has 1 aromatic heterocycles. The van der Waals surface area contributed by atoms with E-state index in [1.807, 2.05) is 72.8 Å². The van der Waals surface area contributed by atoms with Gasteiger partial charge >= 0.3 is 0 Å². The standard InChI is InChI=1S/C24H15NO/c26-24-19-14-8-7-13-18(19)21-15-20(16-9-3-1-4-10-16)22(25-23(21)24)17-11-5-2-6-12-17/h1-15H. The maximum Gasteiger partial charge on any atom is 0.212 e. The van der Waals surface area contributed by atoms with Crippen molar-refractivity contribution in [2.24, 2.45) is 0 Å². The van der Waals surface area contributed by atoms with Crippen LogP contribution in [0.25, 0.3) is 33.5 Å². The van der Waals surface area contributed by atoms with Crippen molar-refractivity contribution in [3.05, 3.63) is 102 Å². The molecule has 0 atom stereocenters. The van der Waals surface area contributed by atoms with E-state index in [0.717, 1.165) is 39.1 Å². The molecule has 122 valence electrons. The molecule has 0 fully saturated rings. The van der Waals surface area contributed by atoms with Crippen LogP contribution in [0.2, 0.25) is 0 Å². The van der Waals surface area contributed by atoms with Crippen LogP contribution in [0.3, 0.4) is 0 Å². The second-order valence-corrected chi connectivity index (χ2v) is 6.39. The second kappa shape index (κ2) is 5.78. The monoisotopic (exact) mass is 333 g/mol. The third kappa shape index (κ3) is 2.20. The molecule has 26 heavy (non-hydrogen) atoms. The minimum absolute atomic E-state index is 0.00685. The fourth-order valence-electron chi connectivity index (χ4n) is 3.59. The van der Waals surface area contributed by atoms with Crippen molar-refractivity contribution in [2.75, 3.05) is 0 Å². The smallest absolute Gasteiger partial charge is 0.212 e. The van der Waals surface area contributed by atoms with Gasteiger partial charge in [0.1, 0.15) is 5.69 Å². The zero-order valence-electron chi connectivity index (χ0n) is 14.0. The molecule has 0 amide bonds. The van der Waals surface area contributed by atoms with E-state index in [2.05, 4.69) is 18.2 Å². The van der Waals surface area contributed by atoms with Crippen molar-refractivity contribution in [1.82, 2.24) is 4.98 Å². The summed E-state index contributed by atoms with van der Waals surface area (Å²) in [5.74, 6) is 0.00685. The van der Waals surface area contributed by atoms with Crippen LogP contribution in [0.15, 0.2) is 91.0 Å². The number of hydrogen-bond donors (Lipinski definition) is 0. The topological polar surface area (TPSA) is 30.0 Å². The molecule has 1 heterocycles. The number of carbonyl (C=O) groups excluding carboxylic acids is 1. The predicted molar refractivity (Wildman–Crippen MR) is 104 cm³/mol. The van der Waals surface area contributed by atoms with Gasteiger partial charge in [0, 0.05) is 22.3 Å². The van der Waals surface area contributed by atoms with E-state index in [4.69, 9.17) is 4.98 Å². The Balaban J connectivity index is 1.83. The van der Waals surface area contributed by atoms with Gasteiger partial charge in [-0.3, -0.25) is 4.79 Å². The van der Waals surface area contributed by atoms with Crippen molar-refractivity contribution in [3.63, 3.8) is 0 Å². The minimum atomic E-state index is 0.00685. The summed E-state index contributed by atoms with van der Waals surface area (Å²) in [7, 11) is 0. The Morgan fingerprint density at radius 2 is 1.08 bits per heavy atom. The van der Waals surface area contributed by atoms with E-state index in [1.165, 1.54) is 0 Å². The van der Waals surface area contributed by atoms with Crippen LogP contribution in [-0.2, 0) is 0 Å². The van der Waals surface area contributed by atoms with Gasteiger partial charge in [-0.05, 0) is 17.2 Å². The van der Waals surface area contributed by atoms with Crippen molar-refractivity contribution >= 4 is 5.78 Å². The zero-order valence-corrected chi connectivity index (χ0v) is 14.0. The van der Waals surface area contributed by atoms with Gasteiger partial charge in [-0.15, -0.1) is 0 Å². The van der Waals surface area contributed by atoms with Gasteiger partial charge in [0.25, 0.3) is 0 Å².